The zero-order valence-electron chi connectivity index (χ0n) is 21.1. The summed E-state index contributed by atoms with van der Waals surface area (Å²) in [4.78, 5) is 37.1. The van der Waals surface area contributed by atoms with Crippen LogP contribution in [0.3, 0.4) is 0 Å². The molecule has 5 rings (SSSR count). The molecular formula is C28H31N5O4. The van der Waals surface area contributed by atoms with Crippen molar-refractivity contribution in [3.63, 3.8) is 0 Å². The lowest BCUT2D eigenvalue weighted by atomic mass is 10.1. The van der Waals surface area contributed by atoms with Crippen LogP contribution in [-0.4, -0.2) is 46.5 Å². The Kier molecular flexibility index (Phi) is 7.20. The maximum absolute atomic E-state index is 13.3. The zero-order chi connectivity index (χ0) is 25.8. The molecule has 1 aromatic heterocycles. The summed E-state index contributed by atoms with van der Waals surface area (Å²) in [5, 5.41) is 1.40. The van der Waals surface area contributed by atoms with Gasteiger partial charge >= 0.3 is 0 Å². The molecule has 0 spiro atoms. The van der Waals surface area contributed by atoms with Crippen LogP contribution in [0.5, 0.6) is 11.6 Å². The summed E-state index contributed by atoms with van der Waals surface area (Å²) in [6, 6.07) is 15.8. The van der Waals surface area contributed by atoms with Gasteiger partial charge in [-0.15, -0.1) is 0 Å². The van der Waals surface area contributed by atoms with Gasteiger partial charge in [0.25, 0.3) is 5.91 Å². The molecule has 1 N–H and O–H groups in total. The van der Waals surface area contributed by atoms with Crippen molar-refractivity contribution < 1.29 is 19.1 Å². The third kappa shape index (κ3) is 5.35. The number of aromatic nitrogens is 2. The maximum Gasteiger partial charge on any atom is 0.276 e. The molecular weight excluding hydrogens is 470 g/mol. The fourth-order valence-corrected chi connectivity index (χ4v) is 4.77. The Morgan fingerprint density at radius 2 is 1.92 bits per heavy atom. The number of hydrogen-bond donors (Lipinski definition) is 1. The van der Waals surface area contributed by atoms with Crippen LogP contribution < -0.4 is 19.8 Å². The van der Waals surface area contributed by atoms with Crippen molar-refractivity contribution in [2.45, 2.75) is 51.7 Å². The number of fused-ring (bicyclic) bond motifs is 1. The van der Waals surface area contributed by atoms with Crippen molar-refractivity contribution in [1.29, 1.82) is 0 Å². The van der Waals surface area contributed by atoms with Crippen molar-refractivity contribution in [3.05, 3.63) is 71.4 Å². The maximum atomic E-state index is 13.3. The third-order valence-electron chi connectivity index (χ3n) is 6.75. The summed E-state index contributed by atoms with van der Waals surface area (Å²) < 4.78 is 11.3. The molecule has 0 saturated carbocycles. The van der Waals surface area contributed by atoms with E-state index >= 15 is 0 Å². The summed E-state index contributed by atoms with van der Waals surface area (Å²) in [6.45, 7) is 2.80. The average Bonchev–Trinajstić information content (AvgIpc) is 3.13. The van der Waals surface area contributed by atoms with Crippen molar-refractivity contribution in [2.75, 3.05) is 18.6 Å². The molecule has 9 heteroatoms. The third-order valence-corrected chi connectivity index (χ3v) is 6.75. The first kappa shape index (κ1) is 24.5. The molecule has 192 valence electrons. The summed E-state index contributed by atoms with van der Waals surface area (Å²) >= 11 is 0. The molecule has 0 bridgehead atoms. The van der Waals surface area contributed by atoms with E-state index in [9.17, 15) is 9.59 Å². The van der Waals surface area contributed by atoms with E-state index in [4.69, 9.17) is 14.5 Å². The van der Waals surface area contributed by atoms with Gasteiger partial charge in [0, 0.05) is 30.9 Å². The lowest BCUT2D eigenvalue weighted by Crippen LogP contribution is -2.46. The molecule has 0 aliphatic carbocycles. The second kappa shape index (κ2) is 10.9. The smallest absolute Gasteiger partial charge is 0.276 e. The monoisotopic (exact) mass is 501 g/mol. The van der Waals surface area contributed by atoms with Crippen LogP contribution in [0.4, 0.5) is 11.6 Å². The first-order valence-corrected chi connectivity index (χ1v) is 12.6. The second-order valence-electron chi connectivity index (χ2n) is 9.37. The predicted octanol–water partition coefficient (Wildman–Crippen LogP) is 4.19. The minimum Gasteiger partial charge on any atom is -0.497 e. The highest BCUT2D eigenvalue weighted by Crippen LogP contribution is 2.37. The summed E-state index contributed by atoms with van der Waals surface area (Å²) in [6.07, 6.45) is 5.41. The van der Waals surface area contributed by atoms with Gasteiger partial charge in [0.15, 0.2) is 0 Å². The van der Waals surface area contributed by atoms with E-state index in [0.717, 1.165) is 42.7 Å². The van der Waals surface area contributed by atoms with Gasteiger partial charge in [-0.2, -0.15) is 4.98 Å². The van der Waals surface area contributed by atoms with Crippen LogP contribution in [0.2, 0.25) is 0 Å². The van der Waals surface area contributed by atoms with E-state index in [0.29, 0.717) is 18.9 Å². The highest BCUT2D eigenvalue weighted by Gasteiger charge is 2.30. The van der Waals surface area contributed by atoms with Crippen LogP contribution in [0.15, 0.2) is 54.7 Å². The number of methoxy groups -OCH3 is 1. The topological polar surface area (TPSA) is 96.9 Å². The van der Waals surface area contributed by atoms with Gasteiger partial charge in [-0.05, 0) is 55.5 Å². The highest BCUT2D eigenvalue weighted by atomic mass is 16.5. The molecule has 0 radical (unpaired) electrons. The molecule has 1 fully saturated rings. The Bertz CT molecular complexity index is 1280. The van der Waals surface area contributed by atoms with Gasteiger partial charge in [0.1, 0.15) is 17.9 Å². The lowest BCUT2D eigenvalue weighted by molar-refractivity contribution is -0.133. The molecule has 2 aliphatic heterocycles. The van der Waals surface area contributed by atoms with E-state index in [1.54, 1.807) is 7.11 Å². The minimum absolute atomic E-state index is 0.0911. The van der Waals surface area contributed by atoms with Gasteiger partial charge < -0.3 is 14.4 Å². The Morgan fingerprint density at radius 1 is 1.11 bits per heavy atom. The molecule has 1 saturated heterocycles. The summed E-state index contributed by atoms with van der Waals surface area (Å²) in [7, 11) is 1.62. The number of para-hydroxylation sites is 1. The largest absolute Gasteiger partial charge is 0.497 e. The number of hydrogen-bond acceptors (Lipinski definition) is 7. The number of ether oxygens (including phenoxy) is 2. The number of benzene rings is 2. The Labute approximate surface area is 216 Å². The number of carbonyl (C=O) groups is 2. The molecule has 2 aromatic carbocycles. The number of anilines is 2. The lowest BCUT2D eigenvalue weighted by Gasteiger charge is -2.24. The van der Waals surface area contributed by atoms with Crippen LogP contribution in [-0.2, 0) is 17.8 Å². The van der Waals surface area contributed by atoms with Gasteiger partial charge in [-0.25, -0.2) is 4.98 Å². The van der Waals surface area contributed by atoms with Gasteiger partial charge in [0.2, 0.25) is 17.7 Å². The Balaban J connectivity index is 1.44. The van der Waals surface area contributed by atoms with Gasteiger partial charge in [0.05, 0.1) is 7.11 Å². The van der Waals surface area contributed by atoms with Crippen LogP contribution in [0.1, 0.15) is 54.1 Å². The molecule has 1 atom stereocenters. The first-order valence-electron chi connectivity index (χ1n) is 12.6. The van der Waals surface area contributed by atoms with E-state index in [1.165, 1.54) is 16.8 Å². The number of nitrogens with zero attached hydrogens (tertiary/aromatic N) is 4. The second-order valence-corrected chi connectivity index (χ2v) is 9.37. The normalized spacial score (nSPS) is 17.2. The number of amides is 2. The SMILES string of the molecule is COc1ccc(COc2nc(N3c4ccccc4C[C@@H]3C)ncc2C(=O)NN2CCCCCC2=O)cc1. The molecule has 9 nitrogen and oxygen atoms in total. The number of nitrogens with one attached hydrogen (secondary N) is 1. The summed E-state index contributed by atoms with van der Waals surface area (Å²) in [5.41, 5.74) is 6.09. The number of carbonyl (C=O) groups excluding carboxylic acids is 2. The standard InChI is InChI=1S/C28H31N5O4/c1-19-16-21-8-5-6-9-24(21)33(19)28-29-17-23(26(35)31-32-15-7-3-4-10-25(32)34)27(30-28)37-18-20-11-13-22(36-2)14-12-20/h5-6,8-9,11-14,17,19H,3-4,7,10,15-16,18H2,1-2H3,(H,31,35)/t19-/m0/s1. The van der Waals surface area contributed by atoms with Crippen molar-refractivity contribution in [1.82, 2.24) is 20.4 Å². The fraction of sp³-hybridized carbons (Fsp3) is 0.357. The van der Waals surface area contributed by atoms with Gasteiger partial charge in [-0.3, -0.25) is 20.0 Å². The van der Waals surface area contributed by atoms with E-state index < -0.39 is 5.91 Å². The number of rotatable bonds is 7. The first-order chi connectivity index (χ1) is 18.0. The molecule has 2 amide bonds. The minimum atomic E-state index is -0.471. The van der Waals surface area contributed by atoms with E-state index in [1.807, 2.05) is 42.5 Å². The highest BCUT2D eigenvalue weighted by molar-refractivity contribution is 5.97. The fourth-order valence-electron chi connectivity index (χ4n) is 4.77. The zero-order valence-corrected chi connectivity index (χ0v) is 21.1. The number of hydrazine groups is 1. The predicted molar refractivity (Wildman–Crippen MR) is 139 cm³/mol. The van der Waals surface area contributed by atoms with Crippen molar-refractivity contribution in [2.24, 2.45) is 0 Å². The molecule has 0 unspecified atom stereocenters. The van der Waals surface area contributed by atoms with Crippen molar-refractivity contribution >= 4 is 23.5 Å². The van der Waals surface area contributed by atoms with Crippen LogP contribution >= 0.6 is 0 Å². The Hall–Kier alpha value is -4.14. The van der Waals surface area contributed by atoms with Crippen LogP contribution in [0.25, 0.3) is 0 Å². The van der Waals surface area contributed by atoms with Crippen molar-refractivity contribution in [3.8, 4) is 11.6 Å². The Morgan fingerprint density at radius 3 is 2.73 bits per heavy atom. The quantitative estimate of drug-likeness (QED) is 0.518. The van der Waals surface area contributed by atoms with Crippen LogP contribution in [0, 0.1) is 0 Å². The van der Waals surface area contributed by atoms with E-state index in [-0.39, 0.29) is 30.0 Å². The van der Waals surface area contributed by atoms with E-state index in [2.05, 4.69) is 28.3 Å². The summed E-state index contributed by atoms with van der Waals surface area (Å²) in [5.74, 6) is 0.812. The van der Waals surface area contributed by atoms with Gasteiger partial charge in [-0.1, -0.05) is 36.8 Å². The molecule has 3 heterocycles. The molecule has 37 heavy (non-hydrogen) atoms. The molecule has 2 aliphatic rings. The average molecular weight is 502 g/mol. The molecule has 3 aromatic rings.